The maximum atomic E-state index is 13.7. The number of rotatable bonds is 7. The third kappa shape index (κ3) is 4.70. The van der Waals surface area contributed by atoms with E-state index in [1.165, 1.54) is 0 Å². The molecule has 3 aromatic heterocycles. The van der Waals surface area contributed by atoms with Gasteiger partial charge >= 0.3 is 0 Å². The van der Waals surface area contributed by atoms with Gasteiger partial charge in [-0.1, -0.05) is 44.2 Å². The van der Waals surface area contributed by atoms with Crippen LogP contribution in [0.2, 0.25) is 0 Å². The van der Waals surface area contributed by atoms with Crippen molar-refractivity contribution in [1.29, 1.82) is 0 Å². The van der Waals surface area contributed by atoms with Gasteiger partial charge in [0.2, 0.25) is 17.7 Å². The number of carbonyl (C=O) groups excluding carboxylic acids is 2. The molecule has 2 aliphatic heterocycles. The fraction of sp³-hybridized carbons (Fsp3) is 0.484. The summed E-state index contributed by atoms with van der Waals surface area (Å²) in [6.45, 7) is 11.3. The molecule has 3 fully saturated rings. The molecule has 1 saturated carbocycles. The molecule has 1 aliphatic carbocycles. The molecule has 2 saturated heterocycles. The molecule has 0 radical (unpaired) electrons. The van der Waals surface area contributed by atoms with Crippen LogP contribution in [0, 0.1) is 30.6 Å². The lowest BCUT2D eigenvalue weighted by Crippen LogP contribution is -2.62. The molecule has 11 heteroatoms. The summed E-state index contributed by atoms with van der Waals surface area (Å²) in [5.41, 5.74) is 3.36. The summed E-state index contributed by atoms with van der Waals surface area (Å²) in [6, 6.07) is 12.1. The largest absolute Gasteiger partial charge is 0.423 e. The minimum Gasteiger partial charge on any atom is -0.423 e. The molecule has 218 valence electrons. The monoisotopic (exact) mass is 568 g/mol. The fourth-order valence-electron chi connectivity index (χ4n) is 6.71. The lowest BCUT2D eigenvalue weighted by Gasteiger charge is -2.50. The highest BCUT2D eigenvalue weighted by atomic mass is 16.4. The topological polar surface area (TPSA) is 115 Å². The molecule has 4 aromatic rings. The molecule has 2 amide bonds. The molecule has 3 aliphatic rings. The molecule has 7 rings (SSSR count). The average molecular weight is 569 g/mol. The molecule has 2 atom stereocenters. The number of likely N-dealkylation sites (tertiary alicyclic amines) is 2. The smallest absolute Gasteiger partial charge is 0.257 e. The lowest BCUT2D eigenvalue weighted by atomic mass is 9.71. The van der Waals surface area contributed by atoms with Crippen molar-refractivity contribution in [3.63, 3.8) is 0 Å². The van der Waals surface area contributed by atoms with Gasteiger partial charge in [0.15, 0.2) is 0 Å². The van der Waals surface area contributed by atoms with Crippen LogP contribution >= 0.6 is 0 Å². The van der Waals surface area contributed by atoms with Crippen LogP contribution in [-0.4, -0.2) is 77.6 Å². The first-order valence-electron chi connectivity index (χ1n) is 14.6. The quantitative estimate of drug-likeness (QED) is 0.336. The molecule has 1 spiro atoms. The number of benzene rings is 1. The van der Waals surface area contributed by atoms with Crippen molar-refractivity contribution in [2.75, 3.05) is 26.2 Å². The van der Waals surface area contributed by atoms with Gasteiger partial charge in [-0.25, -0.2) is 0 Å². The zero-order valence-corrected chi connectivity index (χ0v) is 24.5. The Morgan fingerprint density at radius 1 is 1.02 bits per heavy atom. The summed E-state index contributed by atoms with van der Waals surface area (Å²) in [5, 5.41) is 17.7. The van der Waals surface area contributed by atoms with Crippen molar-refractivity contribution in [3.8, 4) is 0 Å². The highest BCUT2D eigenvalue weighted by molar-refractivity contribution is 5.94. The number of aryl methyl sites for hydroxylation is 2. The van der Waals surface area contributed by atoms with Crippen LogP contribution < -0.4 is 0 Å². The van der Waals surface area contributed by atoms with E-state index in [0.29, 0.717) is 56.6 Å². The van der Waals surface area contributed by atoms with Gasteiger partial charge < -0.3 is 14.2 Å². The second kappa shape index (κ2) is 9.64. The number of aromatic nitrogens is 6. The average Bonchev–Trinajstić information content (AvgIpc) is 3.49. The Balaban J connectivity index is 1.11. The second-order valence-electron chi connectivity index (χ2n) is 13.1. The first kappa shape index (κ1) is 26.6. The van der Waals surface area contributed by atoms with Crippen LogP contribution in [0.5, 0.6) is 0 Å². The van der Waals surface area contributed by atoms with Crippen molar-refractivity contribution >= 4 is 11.8 Å². The van der Waals surface area contributed by atoms with Gasteiger partial charge in [0, 0.05) is 49.4 Å². The van der Waals surface area contributed by atoms with Crippen molar-refractivity contribution in [3.05, 3.63) is 83.1 Å². The number of amides is 2. The van der Waals surface area contributed by atoms with Crippen molar-refractivity contribution in [1.82, 2.24) is 39.6 Å². The zero-order chi connectivity index (χ0) is 29.2. The first-order chi connectivity index (χ1) is 20.1. The Kier molecular flexibility index (Phi) is 6.11. The van der Waals surface area contributed by atoms with Crippen LogP contribution in [0.15, 0.2) is 53.2 Å². The zero-order valence-electron chi connectivity index (χ0n) is 24.5. The van der Waals surface area contributed by atoms with Gasteiger partial charge in [-0.2, -0.15) is 10.2 Å². The highest BCUT2D eigenvalue weighted by Crippen LogP contribution is 2.55. The van der Waals surface area contributed by atoms with E-state index >= 15 is 0 Å². The predicted octanol–water partition coefficient (Wildman–Crippen LogP) is 3.29. The van der Waals surface area contributed by atoms with Gasteiger partial charge in [0.25, 0.3) is 5.91 Å². The Hall–Kier alpha value is -4.28. The predicted molar refractivity (Wildman–Crippen MR) is 152 cm³/mol. The molecule has 0 N–H and O–H groups in total. The normalized spacial score (nSPS) is 22.0. The van der Waals surface area contributed by atoms with Crippen molar-refractivity contribution in [2.45, 2.75) is 53.1 Å². The van der Waals surface area contributed by atoms with E-state index in [1.807, 2.05) is 64.7 Å². The van der Waals surface area contributed by atoms with E-state index in [2.05, 4.69) is 34.2 Å². The summed E-state index contributed by atoms with van der Waals surface area (Å²) in [5.74, 6) is 1.04. The Morgan fingerprint density at radius 2 is 1.76 bits per heavy atom. The van der Waals surface area contributed by atoms with Gasteiger partial charge in [-0.3, -0.25) is 19.0 Å². The van der Waals surface area contributed by atoms with E-state index in [9.17, 15) is 9.59 Å². The Labute approximate surface area is 244 Å². The molecule has 1 unspecified atom stereocenters. The summed E-state index contributed by atoms with van der Waals surface area (Å²) in [4.78, 5) is 30.7. The van der Waals surface area contributed by atoms with Gasteiger partial charge in [-0.05, 0) is 37.3 Å². The van der Waals surface area contributed by atoms with E-state index in [4.69, 9.17) is 4.42 Å². The van der Waals surface area contributed by atoms with E-state index in [1.54, 1.807) is 17.1 Å². The molecule has 0 bridgehead atoms. The molecular weight excluding hydrogens is 532 g/mol. The van der Waals surface area contributed by atoms with Crippen LogP contribution in [0.25, 0.3) is 0 Å². The van der Waals surface area contributed by atoms with Crippen molar-refractivity contribution < 1.29 is 14.0 Å². The summed E-state index contributed by atoms with van der Waals surface area (Å²) < 4.78 is 9.86. The molecule has 5 heterocycles. The molecule has 1 aromatic carbocycles. The third-order valence-electron chi connectivity index (χ3n) is 9.31. The van der Waals surface area contributed by atoms with E-state index in [-0.39, 0.29) is 34.5 Å². The minimum atomic E-state index is -0.327. The standard InChI is InChI=1S/C31H36N8O3/c1-20-10-21(2)39(35-20)16-26-33-34-27(42-26)25-15-36(17-31(25)18-37(19-31)29(41)24-11-30(24,3)4)28(40)23-12-32-38(14-23)13-22-8-6-5-7-9-22/h5-10,12,14,24-25H,11,13,15-19H2,1-4H3/t24-,25?/m1/s1. The van der Waals surface area contributed by atoms with E-state index in [0.717, 1.165) is 23.4 Å². The van der Waals surface area contributed by atoms with Crippen LogP contribution in [0.1, 0.15) is 65.3 Å². The lowest BCUT2D eigenvalue weighted by molar-refractivity contribution is -0.146. The Bertz CT molecular complexity index is 1640. The maximum Gasteiger partial charge on any atom is 0.257 e. The SMILES string of the molecule is Cc1cc(C)n(Cc2nnc(C3CN(C(=O)c4cnn(Cc5ccccc5)c4)CC34CN(C(=O)[C@H]3CC3(C)C)C4)o2)n1. The first-order valence-corrected chi connectivity index (χ1v) is 14.6. The maximum absolute atomic E-state index is 13.7. The van der Waals surface area contributed by atoms with Crippen LogP contribution in [0.4, 0.5) is 0 Å². The molecular formula is C31H36N8O3. The van der Waals surface area contributed by atoms with Gasteiger partial charge in [0.1, 0.15) is 6.54 Å². The minimum absolute atomic E-state index is 0.0706. The van der Waals surface area contributed by atoms with Gasteiger partial charge in [0.05, 0.1) is 29.9 Å². The van der Waals surface area contributed by atoms with Gasteiger partial charge in [-0.15, -0.1) is 10.2 Å². The Morgan fingerprint density at radius 3 is 2.45 bits per heavy atom. The summed E-state index contributed by atoms with van der Waals surface area (Å²) >= 11 is 0. The fourth-order valence-corrected chi connectivity index (χ4v) is 6.71. The van der Waals surface area contributed by atoms with Crippen molar-refractivity contribution in [2.24, 2.45) is 16.7 Å². The third-order valence-corrected chi connectivity index (χ3v) is 9.31. The molecule has 11 nitrogen and oxygen atoms in total. The number of nitrogens with zero attached hydrogens (tertiary/aromatic N) is 8. The second-order valence-corrected chi connectivity index (χ2v) is 13.1. The number of carbonyl (C=O) groups is 2. The summed E-state index contributed by atoms with van der Waals surface area (Å²) in [6.07, 6.45) is 4.37. The van der Waals surface area contributed by atoms with E-state index < -0.39 is 0 Å². The van der Waals surface area contributed by atoms with Crippen LogP contribution in [0.3, 0.4) is 0 Å². The number of hydrogen-bond acceptors (Lipinski definition) is 7. The molecule has 42 heavy (non-hydrogen) atoms. The summed E-state index contributed by atoms with van der Waals surface area (Å²) in [7, 11) is 0. The number of hydrogen-bond donors (Lipinski definition) is 0. The highest BCUT2D eigenvalue weighted by Gasteiger charge is 2.61. The van der Waals surface area contributed by atoms with Crippen LogP contribution in [-0.2, 0) is 17.9 Å².